The van der Waals surface area contributed by atoms with E-state index in [4.69, 9.17) is 33.5 Å². The van der Waals surface area contributed by atoms with Crippen LogP contribution in [0.4, 0.5) is 0 Å². The largest absolute Gasteiger partial charge is 0.507 e. The number of methoxy groups -OCH3 is 6. The Balaban J connectivity index is 0.000000181. The summed E-state index contributed by atoms with van der Waals surface area (Å²) in [6.45, 7) is 7.48. The number of aromatic carboxylic acids is 1. The molecular formula is C42H46O12. The van der Waals surface area contributed by atoms with E-state index in [-0.39, 0.29) is 29.4 Å². The van der Waals surface area contributed by atoms with Gasteiger partial charge in [-0.15, -0.1) is 0 Å². The van der Waals surface area contributed by atoms with E-state index in [2.05, 4.69) is 0 Å². The molecule has 5 N–H and O–H groups in total. The SMILES string of the molecule is COc1cc2c(O)cc(C(=O)O)cc2c(C)c1OC.COc1cc2c(O)cc(C)cc2c(C)c1OC.COc1cc2c(O)cc(CO)cc2c(C)c1OC. The van der Waals surface area contributed by atoms with Gasteiger partial charge in [0.2, 0.25) is 0 Å². The van der Waals surface area contributed by atoms with E-state index in [0.717, 1.165) is 38.4 Å². The lowest BCUT2D eigenvalue weighted by molar-refractivity contribution is 0.0696. The van der Waals surface area contributed by atoms with E-state index in [1.54, 1.807) is 65.7 Å². The monoisotopic (exact) mass is 742 g/mol. The average Bonchev–Trinajstić information content (AvgIpc) is 3.15. The molecule has 0 aliphatic rings. The number of benzene rings is 6. The van der Waals surface area contributed by atoms with Crippen molar-refractivity contribution < 1.29 is 58.7 Å². The van der Waals surface area contributed by atoms with Crippen LogP contribution in [0.1, 0.15) is 38.2 Å². The average molecular weight is 743 g/mol. The first-order valence-electron chi connectivity index (χ1n) is 16.6. The summed E-state index contributed by atoms with van der Waals surface area (Å²) < 4.78 is 31.7. The Morgan fingerprint density at radius 2 is 0.852 bits per heavy atom. The van der Waals surface area contributed by atoms with Gasteiger partial charge in [-0.2, -0.15) is 0 Å². The third kappa shape index (κ3) is 7.88. The van der Waals surface area contributed by atoms with Gasteiger partial charge in [0.05, 0.1) is 54.8 Å². The number of aliphatic hydroxyl groups excluding tert-OH is 1. The summed E-state index contributed by atoms with van der Waals surface area (Å²) in [6, 6.07) is 15.1. The maximum atomic E-state index is 11.0. The number of carboxylic acids is 1. The van der Waals surface area contributed by atoms with Crippen molar-refractivity contribution in [2.45, 2.75) is 34.3 Å². The Hall–Kier alpha value is -6.27. The van der Waals surface area contributed by atoms with E-state index >= 15 is 0 Å². The predicted molar refractivity (Wildman–Crippen MR) is 208 cm³/mol. The van der Waals surface area contributed by atoms with Crippen molar-refractivity contribution in [3.63, 3.8) is 0 Å². The molecule has 54 heavy (non-hydrogen) atoms. The molecule has 286 valence electrons. The Morgan fingerprint density at radius 3 is 1.22 bits per heavy atom. The molecule has 0 saturated carbocycles. The molecule has 6 aromatic carbocycles. The maximum absolute atomic E-state index is 11.0. The van der Waals surface area contributed by atoms with Crippen LogP contribution in [-0.2, 0) is 6.61 Å². The third-order valence-corrected chi connectivity index (χ3v) is 9.11. The van der Waals surface area contributed by atoms with Crippen LogP contribution in [-0.4, -0.2) is 74.2 Å². The second-order valence-electron chi connectivity index (χ2n) is 12.4. The number of aromatic hydroxyl groups is 3. The summed E-state index contributed by atoms with van der Waals surface area (Å²) in [5, 5.41) is 52.5. The number of hydrogen-bond acceptors (Lipinski definition) is 11. The van der Waals surface area contributed by atoms with Gasteiger partial charge < -0.3 is 54.0 Å². The van der Waals surface area contributed by atoms with E-state index in [9.17, 15) is 25.2 Å². The van der Waals surface area contributed by atoms with Crippen molar-refractivity contribution in [2.75, 3.05) is 42.7 Å². The summed E-state index contributed by atoms with van der Waals surface area (Å²) in [6.07, 6.45) is 0. The zero-order valence-electron chi connectivity index (χ0n) is 32.0. The topological polar surface area (TPSA) is 174 Å². The molecule has 0 saturated heterocycles. The lowest BCUT2D eigenvalue weighted by Gasteiger charge is -2.14. The van der Waals surface area contributed by atoms with Crippen LogP contribution in [0.3, 0.4) is 0 Å². The predicted octanol–water partition coefficient (Wildman–Crippen LogP) is 8.11. The van der Waals surface area contributed by atoms with Gasteiger partial charge in [0.25, 0.3) is 0 Å². The highest BCUT2D eigenvalue weighted by Gasteiger charge is 2.18. The van der Waals surface area contributed by atoms with Crippen LogP contribution in [0.15, 0.2) is 54.6 Å². The smallest absolute Gasteiger partial charge is 0.335 e. The van der Waals surface area contributed by atoms with Gasteiger partial charge >= 0.3 is 5.97 Å². The maximum Gasteiger partial charge on any atom is 0.335 e. The van der Waals surface area contributed by atoms with E-state index < -0.39 is 5.97 Å². The number of aliphatic hydroxyl groups is 1. The van der Waals surface area contributed by atoms with Gasteiger partial charge in [-0.3, -0.25) is 0 Å². The summed E-state index contributed by atoms with van der Waals surface area (Å²) in [5.41, 5.74) is 4.27. The number of ether oxygens (including phenoxy) is 6. The van der Waals surface area contributed by atoms with Gasteiger partial charge in [-0.25, -0.2) is 4.79 Å². The molecule has 0 aliphatic carbocycles. The van der Waals surface area contributed by atoms with Crippen molar-refractivity contribution in [1.29, 1.82) is 0 Å². The van der Waals surface area contributed by atoms with Crippen molar-refractivity contribution >= 4 is 38.3 Å². The van der Waals surface area contributed by atoms with E-state index in [0.29, 0.717) is 56.2 Å². The first kappa shape index (κ1) is 40.5. The Bertz CT molecular complexity index is 2350. The molecule has 0 heterocycles. The molecule has 12 heteroatoms. The lowest BCUT2D eigenvalue weighted by atomic mass is 10.00. The molecule has 0 amide bonds. The molecule has 0 atom stereocenters. The minimum Gasteiger partial charge on any atom is -0.507 e. The number of rotatable bonds is 8. The van der Waals surface area contributed by atoms with Crippen LogP contribution >= 0.6 is 0 Å². The quantitative estimate of drug-likeness (QED) is 0.102. The molecule has 0 fully saturated rings. The fourth-order valence-electron chi connectivity index (χ4n) is 6.44. The van der Waals surface area contributed by atoms with Crippen molar-refractivity contribution in [3.8, 4) is 51.7 Å². The van der Waals surface area contributed by atoms with Crippen molar-refractivity contribution in [1.82, 2.24) is 0 Å². The number of aryl methyl sites for hydroxylation is 4. The second kappa shape index (κ2) is 17.0. The second-order valence-corrected chi connectivity index (χ2v) is 12.4. The van der Waals surface area contributed by atoms with Gasteiger partial charge in [0.15, 0.2) is 34.5 Å². The van der Waals surface area contributed by atoms with Crippen molar-refractivity contribution in [2.24, 2.45) is 0 Å². The zero-order chi connectivity index (χ0) is 40.0. The highest BCUT2D eigenvalue weighted by Crippen LogP contribution is 2.43. The Morgan fingerprint density at radius 1 is 0.481 bits per heavy atom. The van der Waals surface area contributed by atoms with E-state index in [1.807, 2.05) is 32.9 Å². The van der Waals surface area contributed by atoms with Crippen LogP contribution in [0, 0.1) is 27.7 Å². The van der Waals surface area contributed by atoms with Gasteiger partial charge in [0.1, 0.15) is 17.2 Å². The molecule has 12 nitrogen and oxygen atoms in total. The van der Waals surface area contributed by atoms with Gasteiger partial charge in [0, 0.05) is 32.8 Å². The van der Waals surface area contributed by atoms with Gasteiger partial charge in [-0.05, 0) is 104 Å². The minimum absolute atomic E-state index is 0.0281. The molecule has 0 radical (unpaired) electrons. The number of phenols is 3. The molecule has 0 bridgehead atoms. The minimum atomic E-state index is -1.09. The normalized spacial score (nSPS) is 10.6. The number of fused-ring (bicyclic) bond motifs is 3. The fraction of sp³-hybridized carbons (Fsp3) is 0.262. The molecule has 0 aliphatic heterocycles. The van der Waals surface area contributed by atoms with Crippen LogP contribution in [0.25, 0.3) is 32.3 Å². The Labute approximate surface area is 313 Å². The summed E-state index contributed by atoms with van der Waals surface area (Å²) in [5.74, 6) is 2.79. The summed E-state index contributed by atoms with van der Waals surface area (Å²) in [7, 11) is 9.36. The summed E-state index contributed by atoms with van der Waals surface area (Å²) >= 11 is 0. The molecule has 0 spiro atoms. The molecular weight excluding hydrogens is 696 g/mol. The third-order valence-electron chi connectivity index (χ3n) is 9.11. The highest BCUT2D eigenvalue weighted by atomic mass is 16.5. The first-order chi connectivity index (χ1) is 25.7. The standard InChI is InChI=1S/C14H14O5.C14H16O4.C14H16O3/c1-7-9-4-8(14(16)17)5-11(15)10(9)6-12(18-2)13(7)19-3;1-8-10-4-9(7-15)5-12(16)11(10)6-13(17-2)14(8)18-3;1-8-5-10-9(2)14(17-4)13(16-3)7-11(10)12(15)6-8/h4-6,15H,1-3H3,(H,16,17);4-6,15-16H,7H2,1-3H3;5-7,15H,1-4H3. The van der Waals surface area contributed by atoms with Crippen molar-refractivity contribution in [3.05, 3.63) is 88.0 Å². The number of carbonyl (C=O) groups is 1. The Kier molecular flexibility index (Phi) is 12.8. The van der Waals surface area contributed by atoms with Crippen LogP contribution in [0.2, 0.25) is 0 Å². The highest BCUT2D eigenvalue weighted by molar-refractivity contribution is 6.00. The molecule has 6 aromatic rings. The van der Waals surface area contributed by atoms with E-state index in [1.165, 1.54) is 26.4 Å². The van der Waals surface area contributed by atoms with Crippen LogP contribution < -0.4 is 28.4 Å². The first-order valence-corrected chi connectivity index (χ1v) is 16.6. The number of hydrogen-bond donors (Lipinski definition) is 5. The molecule has 6 rings (SSSR count). The number of phenolic OH excluding ortho intramolecular Hbond substituents is 3. The fourth-order valence-corrected chi connectivity index (χ4v) is 6.44. The summed E-state index contributed by atoms with van der Waals surface area (Å²) in [4.78, 5) is 11.0. The molecule has 0 aromatic heterocycles. The number of carboxylic acid groups (broad SMARTS) is 1. The van der Waals surface area contributed by atoms with Crippen LogP contribution in [0.5, 0.6) is 51.7 Å². The zero-order valence-corrected chi connectivity index (χ0v) is 32.0. The molecule has 0 unspecified atom stereocenters. The lowest BCUT2D eigenvalue weighted by Crippen LogP contribution is -1.98. The van der Waals surface area contributed by atoms with Gasteiger partial charge in [-0.1, -0.05) is 6.07 Å².